The average molecular weight is 281 g/mol. The summed E-state index contributed by atoms with van der Waals surface area (Å²) in [6.07, 6.45) is 0. The van der Waals surface area contributed by atoms with Crippen LogP contribution in [0.15, 0.2) is 18.2 Å². The number of rotatable bonds is 3. The van der Waals surface area contributed by atoms with E-state index in [1.165, 1.54) is 6.07 Å². The lowest BCUT2D eigenvalue weighted by Crippen LogP contribution is -2.33. The van der Waals surface area contributed by atoms with Crippen LogP contribution in [-0.4, -0.2) is 43.5 Å². The van der Waals surface area contributed by atoms with E-state index in [1.807, 2.05) is 0 Å². The van der Waals surface area contributed by atoms with Crippen LogP contribution in [-0.2, 0) is 4.79 Å². The second-order valence-electron chi connectivity index (χ2n) is 5.54. The molecule has 0 saturated carbocycles. The molecule has 2 aliphatic rings. The van der Waals surface area contributed by atoms with Crippen molar-refractivity contribution in [1.82, 2.24) is 10.2 Å². The van der Waals surface area contributed by atoms with Crippen LogP contribution in [0.5, 0.6) is 0 Å². The molecular weight excluding hydrogens is 264 g/mol. The third-order valence-corrected chi connectivity index (χ3v) is 4.04. The van der Waals surface area contributed by atoms with Crippen LogP contribution in [0.1, 0.15) is 0 Å². The number of carbonyl (C=O) groups is 1. The molecule has 0 aromatic heterocycles. The maximum Gasteiger partial charge on any atom is 0.238 e. The standard InChI is InChI=1S/C14H17F2N3O/c15-11-1-2-13(12(16)3-11)18-14(20)8-19-6-9-4-17-5-10(9)7-19/h1-3,9-10,17H,4-8H2,(H,18,20)/t9-,10+. The van der Waals surface area contributed by atoms with Crippen molar-refractivity contribution < 1.29 is 13.6 Å². The molecular formula is C14H17F2N3O. The van der Waals surface area contributed by atoms with Crippen molar-refractivity contribution in [1.29, 1.82) is 0 Å². The van der Waals surface area contributed by atoms with Crippen LogP contribution < -0.4 is 10.6 Å². The second kappa shape index (κ2) is 5.46. The highest BCUT2D eigenvalue weighted by Crippen LogP contribution is 2.26. The first kappa shape index (κ1) is 13.5. The zero-order chi connectivity index (χ0) is 14.1. The summed E-state index contributed by atoms with van der Waals surface area (Å²) < 4.78 is 26.2. The van der Waals surface area contributed by atoms with Crippen LogP contribution in [0.25, 0.3) is 0 Å². The predicted octanol–water partition coefficient (Wildman–Crippen LogP) is 1.05. The van der Waals surface area contributed by atoms with Crippen molar-refractivity contribution in [3.05, 3.63) is 29.8 Å². The van der Waals surface area contributed by atoms with Crippen LogP contribution >= 0.6 is 0 Å². The topological polar surface area (TPSA) is 44.4 Å². The molecule has 0 unspecified atom stereocenters. The molecule has 1 amide bonds. The fourth-order valence-corrected chi connectivity index (χ4v) is 3.07. The number of hydrogen-bond acceptors (Lipinski definition) is 3. The molecule has 2 fully saturated rings. The minimum absolute atomic E-state index is 0.0254. The molecule has 1 aromatic carbocycles. The molecule has 2 saturated heterocycles. The summed E-state index contributed by atoms with van der Waals surface area (Å²) in [5, 5.41) is 5.83. The van der Waals surface area contributed by atoms with Crippen LogP contribution in [0.4, 0.5) is 14.5 Å². The van der Waals surface area contributed by atoms with Crippen molar-refractivity contribution in [3.63, 3.8) is 0 Å². The Morgan fingerprint density at radius 1 is 1.30 bits per heavy atom. The third kappa shape index (κ3) is 2.81. The van der Waals surface area contributed by atoms with Crippen molar-refractivity contribution in [2.45, 2.75) is 0 Å². The molecule has 4 nitrogen and oxygen atoms in total. The van der Waals surface area contributed by atoms with Crippen molar-refractivity contribution in [2.75, 3.05) is 38.0 Å². The number of carbonyl (C=O) groups excluding carboxylic acids is 1. The second-order valence-corrected chi connectivity index (χ2v) is 5.54. The number of nitrogens with one attached hydrogen (secondary N) is 2. The molecule has 0 spiro atoms. The maximum atomic E-state index is 13.4. The van der Waals surface area contributed by atoms with Gasteiger partial charge < -0.3 is 10.6 Å². The summed E-state index contributed by atoms with van der Waals surface area (Å²) >= 11 is 0. The minimum Gasteiger partial charge on any atom is -0.322 e. The highest BCUT2D eigenvalue weighted by Gasteiger charge is 2.36. The first-order valence-electron chi connectivity index (χ1n) is 6.80. The molecule has 108 valence electrons. The SMILES string of the molecule is O=C(CN1C[C@H]2CNC[C@H]2C1)Nc1ccc(F)cc1F. The number of anilines is 1. The molecule has 2 aliphatic heterocycles. The van der Waals surface area contributed by atoms with Gasteiger partial charge in [-0.25, -0.2) is 8.78 Å². The number of amides is 1. The number of nitrogens with zero attached hydrogens (tertiary/aromatic N) is 1. The first-order chi connectivity index (χ1) is 9.61. The van der Waals surface area contributed by atoms with Gasteiger partial charge in [-0.15, -0.1) is 0 Å². The van der Waals surface area contributed by atoms with Gasteiger partial charge >= 0.3 is 0 Å². The molecule has 3 rings (SSSR count). The number of benzene rings is 1. The van der Waals surface area contributed by atoms with Gasteiger partial charge in [0.2, 0.25) is 5.91 Å². The van der Waals surface area contributed by atoms with E-state index in [4.69, 9.17) is 0 Å². The molecule has 0 bridgehead atoms. The van der Waals surface area contributed by atoms with Crippen LogP contribution in [0.2, 0.25) is 0 Å². The number of halogens is 2. The van der Waals surface area contributed by atoms with Gasteiger partial charge in [-0.3, -0.25) is 9.69 Å². The summed E-state index contributed by atoms with van der Waals surface area (Å²) in [7, 11) is 0. The molecule has 2 atom stereocenters. The van der Waals surface area contributed by atoms with Crippen LogP contribution in [0, 0.1) is 23.5 Å². The highest BCUT2D eigenvalue weighted by atomic mass is 19.1. The quantitative estimate of drug-likeness (QED) is 0.870. The Labute approximate surface area is 116 Å². The van der Waals surface area contributed by atoms with E-state index in [-0.39, 0.29) is 18.1 Å². The monoisotopic (exact) mass is 281 g/mol. The molecule has 0 radical (unpaired) electrons. The van der Waals surface area contributed by atoms with E-state index in [0.717, 1.165) is 38.3 Å². The third-order valence-electron chi connectivity index (χ3n) is 4.04. The average Bonchev–Trinajstić information content (AvgIpc) is 2.93. The van der Waals surface area contributed by atoms with E-state index < -0.39 is 11.6 Å². The Bertz CT molecular complexity index is 511. The predicted molar refractivity (Wildman–Crippen MR) is 71.3 cm³/mol. The zero-order valence-electron chi connectivity index (χ0n) is 11.0. The summed E-state index contributed by atoms with van der Waals surface area (Å²) in [4.78, 5) is 14.0. The largest absolute Gasteiger partial charge is 0.322 e. The number of fused-ring (bicyclic) bond motifs is 1. The summed E-state index contributed by atoms with van der Waals surface area (Å²) in [5.41, 5.74) is 0.0254. The van der Waals surface area contributed by atoms with Gasteiger partial charge in [-0.1, -0.05) is 0 Å². The summed E-state index contributed by atoms with van der Waals surface area (Å²) in [6.45, 7) is 4.07. The molecule has 6 heteroatoms. The van der Waals surface area contributed by atoms with E-state index in [9.17, 15) is 13.6 Å². The lowest BCUT2D eigenvalue weighted by Gasteiger charge is -2.16. The number of hydrogen-bond donors (Lipinski definition) is 2. The van der Waals surface area contributed by atoms with E-state index >= 15 is 0 Å². The molecule has 2 heterocycles. The van der Waals surface area contributed by atoms with Gasteiger partial charge in [0.25, 0.3) is 0 Å². The Morgan fingerprint density at radius 3 is 2.65 bits per heavy atom. The Kier molecular flexibility index (Phi) is 3.67. The van der Waals surface area contributed by atoms with E-state index in [1.54, 1.807) is 0 Å². The normalized spacial score (nSPS) is 25.7. The van der Waals surface area contributed by atoms with Crippen LogP contribution in [0.3, 0.4) is 0 Å². The molecule has 20 heavy (non-hydrogen) atoms. The molecule has 1 aromatic rings. The Morgan fingerprint density at radius 2 is 2.00 bits per heavy atom. The van der Waals surface area contributed by atoms with Gasteiger partial charge in [0.05, 0.1) is 12.2 Å². The zero-order valence-corrected chi connectivity index (χ0v) is 11.0. The van der Waals surface area contributed by atoms with Crippen molar-refractivity contribution in [3.8, 4) is 0 Å². The van der Waals surface area contributed by atoms with Gasteiger partial charge in [0, 0.05) is 19.2 Å². The Balaban J connectivity index is 1.55. The number of likely N-dealkylation sites (tertiary alicyclic amines) is 1. The smallest absolute Gasteiger partial charge is 0.238 e. The molecule has 0 aliphatic carbocycles. The lowest BCUT2D eigenvalue weighted by molar-refractivity contribution is -0.117. The van der Waals surface area contributed by atoms with Gasteiger partial charge in [0.1, 0.15) is 11.6 Å². The lowest BCUT2D eigenvalue weighted by atomic mass is 10.0. The highest BCUT2D eigenvalue weighted by molar-refractivity contribution is 5.92. The fourth-order valence-electron chi connectivity index (χ4n) is 3.07. The molecule has 2 N–H and O–H groups in total. The maximum absolute atomic E-state index is 13.4. The Hall–Kier alpha value is -1.53. The van der Waals surface area contributed by atoms with Crippen molar-refractivity contribution >= 4 is 11.6 Å². The van der Waals surface area contributed by atoms with E-state index in [2.05, 4.69) is 15.5 Å². The summed E-state index contributed by atoms with van der Waals surface area (Å²) in [5.74, 6) is -0.430. The van der Waals surface area contributed by atoms with E-state index in [0.29, 0.717) is 11.8 Å². The fraction of sp³-hybridized carbons (Fsp3) is 0.500. The van der Waals surface area contributed by atoms with Gasteiger partial charge in [-0.2, -0.15) is 0 Å². The van der Waals surface area contributed by atoms with Crippen molar-refractivity contribution in [2.24, 2.45) is 11.8 Å². The van der Waals surface area contributed by atoms with Gasteiger partial charge in [-0.05, 0) is 37.1 Å². The van der Waals surface area contributed by atoms with Gasteiger partial charge in [0.15, 0.2) is 0 Å². The minimum atomic E-state index is -0.749. The first-order valence-corrected chi connectivity index (χ1v) is 6.80. The summed E-state index contributed by atoms with van der Waals surface area (Å²) in [6, 6.07) is 3.14.